The van der Waals surface area contributed by atoms with Crippen molar-refractivity contribution in [2.75, 3.05) is 13.1 Å². The summed E-state index contributed by atoms with van der Waals surface area (Å²) >= 11 is 0. The van der Waals surface area contributed by atoms with Gasteiger partial charge in [0.15, 0.2) is 0 Å². The van der Waals surface area contributed by atoms with E-state index in [2.05, 4.69) is 10.2 Å². The van der Waals surface area contributed by atoms with E-state index in [0.717, 1.165) is 25.2 Å². The van der Waals surface area contributed by atoms with Crippen molar-refractivity contribution < 1.29 is 9.59 Å². The highest BCUT2D eigenvalue weighted by Gasteiger charge is 2.19. The van der Waals surface area contributed by atoms with E-state index in [1.165, 1.54) is 24.8 Å². The summed E-state index contributed by atoms with van der Waals surface area (Å²) in [7, 11) is 0. The molecular formula is C22H27N3O2. The molecule has 27 heavy (non-hydrogen) atoms. The van der Waals surface area contributed by atoms with Gasteiger partial charge in [-0.1, -0.05) is 48.9 Å². The summed E-state index contributed by atoms with van der Waals surface area (Å²) < 4.78 is 0. The van der Waals surface area contributed by atoms with Crippen molar-refractivity contribution in [2.24, 2.45) is 5.73 Å². The first-order valence-electron chi connectivity index (χ1n) is 9.57. The summed E-state index contributed by atoms with van der Waals surface area (Å²) in [5.74, 6) is -0.812. The average Bonchev–Trinajstić information content (AvgIpc) is 2.69. The molecule has 1 aliphatic rings. The number of carbonyl (C=O) groups is 2. The van der Waals surface area contributed by atoms with Gasteiger partial charge in [-0.2, -0.15) is 0 Å². The van der Waals surface area contributed by atoms with E-state index in [-0.39, 0.29) is 5.91 Å². The van der Waals surface area contributed by atoms with Crippen molar-refractivity contribution in [3.63, 3.8) is 0 Å². The molecule has 2 aromatic carbocycles. The number of benzene rings is 2. The molecule has 2 aromatic rings. The van der Waals surface area contributed by atoms with Crippen LogP contribution in [0.15, 0.2) is 54.6 Å². The molecule has 3 N–H and O–H groups in total. The maximum absolute atomic E-state index is 12.5. The first-order valence-corrected chi connectivity index (χ1v) is 9.57. The maximum atomic E-state index is 12.5. The molecule has 1 heterocycles. The van der Waals surface area contributed by atoms with Gasteiger partial charge in [0, 0.05) is 18.5 Å². The zero-order valence-electron chi connectivity index (χ0n) is 15.6. The maximum Gasteiger partial charge on any atom is 0.251 e. The number of piperidine rings is 1. The van der Waals surface area contributed by atoms with Crippen molar-refractivity contribution in [1.82, 2.24) is 10.2 Å². The minimum atomic E-state index is -0.729. The van der Waals surface area contributed by atoms with Crippen molar-refractivity contribution >= 4 is 11.8 Å². The van der Waals surface area contributed by atoms with Gasteiger partial charge in [0.1, 0.15) is 6.04 Å². The highest BCUT2D eigenvalue weighted by atomic mass is 16.2. The van der Waals surface area contributed by atoms with Crippen molar-refractivity contribution in [2.45, 2.75) is 38.3 Å². The lowest BCUT2D eigenvalue weighted by Gasteiger charge is -2.26. The summed E-state index contributed by atoms with van der Waals surface area (Å²) in [6, 6.07) is 16.4. The average molecular weight is 365 g/mol. The van der Waals surface area contributed by atoms with E-state index in [9.17, 15) is 9.59 Å². The zero-order chi connectivity index (χ0) is 19.1. The Morgan fingerprint density at radius 2 is 1.59 bits per heavy atom. The number of rotatable bonds is 7. The van der Waals surface area contributed by atoms with Crippen LogP contribution in [0.3, 0.4) is 0 Å². The Balaban J connectivity index is 1.59. The number of likely N-dealkylation sites (tertiary alicyclic amines) is 1. The molecule has 0 spiro atoms. The Labute approximate surface area is 160 Å². The largest absolute Gasteiger partial charge is 0.368 e. The van der Waals surface area contributed by atoms with Gasteiger partial charge in [-0.25, -0.2) is 0 Å². The van der Waals surface area contributed by atoms with Gasteiger partial charge >= 0.3 is 0 Å². The number of primary amides is 1. The van der Waals surface area contributed by atoms with Crippen molar-refractivity contribution in [3.05, 3.63) is 71.3 Å². The minimum absolute atomic E-state index is 0.278. The molecule has 1 fully saturated rings. The normalized spacial score (nSPS) is 15.9. The molecule has 3 rings (SSSR count). The molecule has 142 valence electrons. The van der Waals surface area contributed by atoms with Crippen LogP contribution < -0.4 is 11.1 Å². The molecule has 5 nitrogen and oxygen atoms in total. The molecule has 1 aliphatic heterocycles. The fourth-order valence-electron chi connectivity index (χ4n) is 3.45. The molecule has 2 amide bonds. The highest BCUT2D eigenvalue weighted by Crippen LogP contribution is 2.14. The van der Waals surface area contributed by atoms with Crippen LogP contribution in [0.4, 0.5) is 0 Å². The molecule has 0 unspecified atom stereocenters. The SMILES string of the molecule is NC(=O)[C@H](Cc1ccccc1)NC(=O)c1ccc(CN2CCCCC2)cc1. The van der Waals surface area contributed by atoms with Crippen LogP contribution in [0.1, 0.15) is 40.7 Å². The van der Waals surface area contributed by atoms with Crippen LogP contribution >= 0.6 is 0 Å². The second-order valence-electron chi connectivity index (χ2n) is 7.15. The molecule has 0 aromatic heterocycles. The quantitative estimate of drug-likeness (QED) is 0.792. The number of nitrogens with zero attached hydrogens (tertiary/aromatic N) is 1. The minimum Gasteiger partial charge on any atom is -0.368 e. The van der Waals surface area contributed by atoms with E-state index in [1.807, 2.05) is 54.6 Å². The number of carbonyl (C=O) groups excluding carboxylic acids is 2. The van der Waals surface area contributed by atoms with E-state index in [1.54, 1.807) is 0 Å². The first kappa shape index (κ1) is 19.1. The predicted octanol–water partition coefficient (Wildman–Crippen LogP) is 2.50. The van der Waals surface area contributed by atoms with E-state index in [4.69, 9.17) is 5.73 Å². The van der Waals surface area contributed by atoms with Crippen LogP contribution in [0, 0.1) is 0 Å². The van der Waals surface area contributed by atoms with Gasteiger partial charge in [0.25, 0.3) is 5.91 Å². The third-order valence-corrected chi connectivity index (χ3v) is 5.00. The number of hydrogen-bond donors (Lipinski definition) is 2. The Hall–Kier alpha value is -2.66. The predicted molar refractivity (Wildman–Crippen MR) is 106 cm³/mol. The third-order valence-electron chi connectivity index (χ3n) is 5.00. The van der Waals surface area contributed by atoms with Crippen LogP contribution in [0.5, 0.6) is 0 Å². The second kappa shape index (κ2) is 9.33. The number of hydrogen-bond acceptors (Lipinski definition) is 3. The van der Waals surface area contributed by atoms with Gasteiger partial charge in [0.05, 0.1) is 0 Å². The monoisotopic (exact) mass is 365 g/mol. The molecule has 0 bridgehead atoms. The highest BCUT2D eigenvalue weighted by molar-refractivity contribution is 5.97. The van der Waals surface area contributed by atoms with Gasteiger partial charge in [-0.05, 0) is 49.2 Å². The summed E-state index contributed by atoms with van der Waals surface area (Å²) in [6.45, 7) is 3.20. The summed E-state index contributed by atoms with van der Waals surface area (Å²) in [6.07, 6.45) is 4.22. The van der Waals surface area contributed by atoms with E-state index < -0.39 is 11.9 Å². The zero-order valence-corrected chi connectivity index (χ0v) is 15.6. The summed E-state index contributed by atoms with van der Waals surface area (Å²) in [4.78, 5) is 26.7. The molecule has 0 radical (unpaired) electrons. The van der Waals surface area contributed by atoms with Crippen molar-refractivity contribution in [1.29, 1.82) is 0 Å². The number of nitrogens with one attached hydrogen (secondary N) is 1. The Bertz CT molecular complexity index is 753. The first-order chi connectivity index (χ1) is 13.1. The third kappa shape index (κ3) is 5.66. The Kier molecular flexibility index (Phi) is 6.60. The molecular weight excluding hydrogens is 338 g/mol. The Morgan fingerprint density at radius 3 is 2.22 bits per heavy atom. The smallest absolute Gasteiger partial charge is 0.251 e. The van der Waals surface area contributed by atoms with Crippen LogP contribution in [0.2, 0.25) is 0 Å². The topological polar surface area (TPSA) is 75.4 Å². The molecule has 5 heteroatoms. The van der Waals surface area contributed by atoms with E-state index >= 15 is 0 Å². The van der Waals surface area contributed by atoms with Crippen LogP contribution in [-0.4, -0.2) is 35.8 Å². The lowest BCUT2D eigenvalue weighted by Crippen LogP contribution is -2.45. The lowest BCUT2D eigenvalue weighted by atomic mass is 10.0. The second-order valence-corrected chi connectivity index (χ2v) is 7.15. The fourth-order valence-corrected chi connectivity index (χ4v) is 3.45. The van der Waals surface area contributed by atoms with Gasteiger partial charge in [-0.3, -0.25) is 14.5 Å². The number of amides is 2. The molecule has 1 saturated heterocycles. The molecule has 1 atom stereocenters. The summed E-state index contributed by atoms with van der Waals surface area (Å²) in [5, 5.41) is 2.76. The van der Waals surface area contributed by atoms with E-state index in [0.29, 0.717) is 12.0 Å². The van der Waals surface area contributed by atoms with Crippen molar-refractivity contribution in [3.8, 4) is 0 Å². The van der Waals surface area contributed by atoms with Gasteiger partial charge < -0.3 is 11.1 Å². The van der Waals surface area contributed by atoms with Gasteiger partial charge in [0.2, 0.25) is 5.91 Å². The molecule has 0 saturated carbocycles. The standard InChI is InChI=1S/C22H27N3O2/c23-21(26)20(15-17-7-3-1-4-8-17)24-22(27)19-11-9-18(10-12-19)16-25-13-5-2-6-14-25/h1,3-4,7-12,20H,2,5-6,13-16H2,(H2,23,26)(H,24,27)/t20-/m0/s1. The van der Waals surface area contributed by atoms with Gasteiger partial charge in [-0.15, -0.1) is 0 Å². The number of nitrogens with two attached hydrogens (primary N) is 1. The lowest BCUT2D eigenvalue weighted by molar-refractivity contribution is -0.119. The fraction of sp³-hybridized carbons (Fsp3) is 0.364. The van der Waals surface area contributed by atoms with Crippen LogP contribution in [-0.2, 0) is 17.8 Å². The molecule has 0 aliphatic carbocycles. The Morgan fingerprint density at radius 1 is 0.926 bits per heavy atom. The van der Waals surface area contributed by atoms with Crippen LogP contribution in [0.25, 0.3) is 0 Å². The summed E-state index contributed by atoms with van der Waals surface area (Å²) in [5.41, 5.74) is 8.17.